The second kappa shape index (κ2) is 6.30. The molecule has 0 spiro atoms. The molecule has 16 heavy (non-hydrogen) atoms. The fourth-order valence-electron chi connectivity index (χ4n) is 1.38. The number of nitrogens with one attached hydrogen (secondary N) is 1. The van der Waals surface area contributed by atoms with Crippen LogP contribution in [0, 0.1) is 0 Å². The Morgan fingerprint density at radius 3 is 2.75 bits per heavy atom. The Hall–Kier alpha value is -1.32. The van der Waals surface area contributed by atoms with Crippen LogP contribution in [0.25, 0.3) is 0 Å². The third kappa shape index (κ3) is 3.68. The summed E-state index contributed by atoms with van der Waals surface area (Å²) in [6, 6.07) is 12.0. The lowest BCUT2D eigenvalue weighted by Gasteiger charge is -2.06. The van der Waals surface area contributed by atoms with Crippen LogP contribution in [0.15, 0.2) is 47.2 Å². The third-order valence-corrected chi connectivity index (χ3v) is 2.93. The summed E-state index contributed by atoms with van der Waals surface area (Å²) in [6.45, 7) is 2.49. The zero-order chi connectivity index (χ0) is 11.1. The predicted octanol–water partition coefficient (Wildman–Crippen LogP) is 2.92. The lowest BCUT2D eigenvalue weighted by Crippen LogP contribution is -2.20. The Morgan fingerprint density at radius 1 is 1.12 bits per heavy atom. The number of benzene rings is 1. The average molecular weight is 233 g/mol. The standard InChI is InChI=1S/C13H15NOS/c1-2-4-13(5-3-1)15-8-7-14-10-12-6-9-16-11-12/h1-6,9,11,14H,7-8,10H2. The Labute approximate surface area is 99.9 Å². The van der Waals surface area contributed by atoms with Gasteiger partial charge in [-0.05, 0) is 34.5 Å². The molecular formula is C13H15NOS. The molecule has 0 aliphatic carbocycles. The van der Waals surface area contributed by atoms with Gasteiger partial charge in [-0.3, -0.25) is 0 Å². The molecule has 3 heteroatoms. The van der Waals surface area contributed by atoms with E-state index < -0.39 is 0 Å². The maximum atomic E-state index is 5.57. The molecule has 1 N–H and O–H groups in total. The summed E-state index contributed by atoms with van der Waals surface area (Å²) >= 11 is 1.73. The van der Waals surface area contributed by atoms with Gasteiger partial charge < -0.3 is 10.1 Å². The SMILES string of the molecule is c1ccc(OCCNCc2ccsc2)cc1. The minimum absolute atomic E-state index is 0.703. The van der Waals surface area contributed by atoms with E-state index in [2.05, 4.69) is 22.1 Å². The maximum Gasteiger partial charge on any atom is 0.119 e. The maximum absolute atomic E-state index is 5.57. The van der Waals surface area contributed by atoms with Crippen LogP contribution in [-0.4, -0.2) is 13.2 Å². The van der Waals surface area contributed by atoms with Crippen molar-refractivity contribution >= 4 is 11.3 Å². The largest absolute Gasteiger partial charge is 0.492 e. The minimum atomic E-state index is 0.703. The highest BCUT2D eigenvalue weighted by atomic mass is 32.1. The normalized spacial score (nSPS) is 10.2. The Bertz CT molecular complexity index is 386. The van der Waals surface area contributed by atoms with Crippen molar-refractivity contribution in [3.63, 3.8) is 0 Å². The van der Waals surface area contributed by atoms with Gasteiger partial charge in [0.15, 0.2) is 0 Å². The van der Waals surface area contributed by atoms with Crippen LogP contribution < -0.4 is 10.1 Å². The summed E-state index contributed by atoms with van der Waals surface area (Å²) in [7, 11) is 0. The third-order valence-electron chi connectivity index (χ3n) is 2.20. The van der Waals surface area contributed by atoms with Gasteiger partial charge in [0.2, 0.25) is 0 Å². The molecule has 0 aliphatic rings. The lowest BCUT2D eigenvalue weighted by molar-refractivity contribution is 0.313. The van der Waals surface area contributed by atoms with Gasteiger partial charge in [-0.1, -0.05) is 18.2 Å². The number of hydrogen-bond acceptors (Lipinski definition) is 3. The van der Waals surface area contributed by atoms with Crippen LogP contribution in [0.2, 0.25) is 0 Å². The average Bonchev–Trinajstić information content (AvgIpc) is 2.83. The van der Waals surface area contributed by atoms with Crippen molar-refractivity contribution in [3.05, 3.63) is 52.7 Å². The van der Waals surface area contributed by atoms with Gasteiger partial charge in [-0.25, -0.2) is 0 Å². The van der Waals surface area contributed by atoms with Crippen molar-refractivity contribution in [1.82, 2.24) is 5.32 Å². The molecule has 84 valence electrons. The molecule has 1 aromatic heterocycles. The summed E-state index contributed by atoms with van der Waals surface area (Å²) in [5.74, 6) is 0.930. The van der Waals surface area contributed by atoms with Gasteiger partial charge in [0.05, 0.1) is 0 Å². The van der Waals surface area contributed by atoms with E-state index in [0.717, 1.165) is 18.8 Å². The molecule has 2 nitrogen and oxygen atoms in total. The van der Waals surface area contributed by atoms with Crippen LogP contribution >= 0.6 is 11.3 Å². The van der Waals surface area contributed by atoms with E-state index >= 15 is 0 Å². The first kappa shape index (κ1) is 11.2. The molecule has 0 bridgehead atoms. The molecule has 0 atom stereocenters. The number of rotatable bonds is 6. The van der Waals surface area contributed by atoms with E-state index in [0.29, 0.717) is 6.61 Å². The minimum Gasteiger partial charge on any atom is -0.492 e. The van der Waals surface area contributed by atoms with Crippen molar-refractivity contribution in [1.29, 1.82) is 0 Å². The molecule has 0 radical (unpaired) electrons. The summed E-state index contributed by atoms with van der Waals surface area (Å²) < 4.78 is 5.57. The van der Waals surface area contributed by atoms with Crippen LogP contribution in [0.3, 0.4) is 0 Å². The topological polar surface area (TPSA) is 21.3 Å². The van der Waals surface area contributed by atoms with Gasteiger partial charge in [-0.15, -0.1) is 0 Å². The zero-order valence-corrected chi connectivity index (χ0v) is 9.87. The Morgan fingerprint density at radius 2 is 2.00 bits per heavy atom. The number of thiophene rings is 1. The van der Waals surface area contributed by atoms with Crippen LogP contribution in [0.1, 0.15) is 5.56 Å². The molecule has 0 amide bonds. The van der Waals surface area contributed by atoms with E-state index in [4.69, 9.17) is 4.74 Å². The first-order chi connectivity index (χ1) is 7.95. The second-order valence-corrected chi connectivity index (χ2v) is 4.25. The van der Waals surface area contributed by atoms with E-state index in [-0.39, 0.29) is 0 Å². The number of ether oxygens (including phenoxy) is 1. The molecule has 0 fully saturated rings. The van der Waals surface area contributed by atoms with Gasteiger partial charge in [0.1, 0.15) is 12.4 Å². The summed E-state index contributed by atoms with van der Waals surface area (Å²) in [5.41, 5.74) is 1.34. The molecule has 1 aromatic carbocycles. The quantitative estimate of drug-likeness (QED) is 0.775. The van der Waals surface area contributed by atoms with E-state index in [9.17, 15) is 0 Å². The molecule has 2 rings (SSSR count). The zero-order valence-electron chi connectivity index (χ0n) is 9.06. The monoisotopic (exact) mass is 233 g/mol. The summed E-state index contributed by atoms with van der Waals surface area (Å²) in [6.07, 6.45) is 0. The highest BCUT2D eigenvalue weighted by Gasteiger charge is 1.93. The number of hydrogen-bond donors (Lipinski definition) is 1. The van der Waals surface area contributed by atoms with Crippen molar-refractivity contribution in [2.24, 2.45) is 0 Å². The van der Waals surface area contributed by atoms with Gasteiger partial charge in [0.25, 0.3) is 0 Å². The van der Waals surface area contributed by atoms with E-state index in [1.807, 2.05) is 30.3 Å². The van der Waals surface area contributed by atoms with E-state index in [1.54, 1.807) is 11.3 Å². The van der Waals surface area contributed by atoms with Crippen molar-refractivity contribution < 1.29 is 4.74 Å². The molecule has 0 saturated heterocycles. The van der Waals surface area contributed by atoms with Crippen LogP contribution in [-0.2, 0) is 6.54 Å². The first-order valence-corrected chi connectivity index (χ1v) is 6.29. The highest BCUT2D eigenvalue weighted by Crippen LogP contribution is 2.07. The van der Waals surface area contributed by atoms with Gasteiger partial charge in [-0.2, -0.15) is 11.3 Å². The van der Waals surface area contributed by atoms with Crippen LogP contribution in [0.5, 0.6) is 5.75 Å². The fraction of sp³-hybridized carbons (Fsp3) is 0.231. The van der Waals surface area contributed by atoms with Gasteiger partial charge in [0, 0.05) is 13.1 Å². The highest BCUT2D eigenvalue weighted by molar-refractivity contribution is 7.07. The number of para-hydroxylation sites is 1. The smallest absolute Gasteiger partial charge is 0.119 e. The summed E-state index contributed by atoms with van der Waals surface area (Å²) in [5, 5.41) is 7.59. The molecular weight excluding hydrogens is 218 g/mol. The molecule has 1 heterocycles. The van der Waals surface area contributed by atoms with Crippen molar-refractivity contribution in [2.75, 3.05) is 13.2 Å². The Kier molecular flexibility index (Phi) is 4.40. The molecule has 0 saturated carbocycles. The van der Waals surface area contributed by atoms with Crippen LogP contribution in [0.4, 0.5) is 0 Å². The second-order valence-electron chi connectivity index (χ2n) is 3.47. The molecule has 2 aromatic rings. The fourth-order valence-corrected chi connectivity index (χ4v) is 2.05. The predicted molar refractivity (Wildman–Crippen MR) is 68.0 cm³/mol. The van der Waals surface area contributed by atoms with Gasteiger partial charge >= 0.3 is 0 Å². The first-order valence-electron chi connectivity index (χ1n) is 5.35. The van der Waals surface area contributed by atoms with Crippen molar-refractivity contribution in [3.8, 4) is 5.75 Å². The summed E-state index contributed by atoms with van der Waals surface area (Å²) in [4.78, 5) is 0. The Balaban J connectivity index is 1.59. The lowest BCUT2D eigenvalue weighted by atomic mass is 10.3. The van der Waals surface area contributed by atoms with E-state index in [1.165, 1.54) is 5.56 Å². The van der Waals surface area contributed by atoms with Crippen molar-refractivity contribution in [2.45, 2.75) is 6.54 Å². The molecule has 0 unspecified atom stereocenters. The molecule has 0 aliphatic heterocycles.